The van der Waals surface area contributed by atoms with E-state index < -0.39 is 0 Å². The molecular weight excluding hydrogens is 218 g/mol. The molecule has 0 amide bonds. The molecule has 0 saturated carbocycles. The number of guanidine groups is 1. The highest BCUT2D eigenvalue weighted by Gasteiger charge is 1.95. The first kappa shape index (κ1) is 16.2. The minimum absolute atomic E-state index is 0.721. The Bertz CT molecular complexity index is 187. The van der Waals surface area contributed by atoms with E-state index in [-0.39, 0.29) is 0 Å². The summed E-state index contributed by atoms with van der Waals surface area (Å²) in [6.07, 6.45) is 3.28. The van der Waals surface area contributed by atoms with E-state index in [0.29, 0.717) is 0 Å². The molecule has 0 aliphatic heterocycles. The summed E-state index contributed by atoms with van der Waals surface area (Å²) in [7, 11) is 3.48. The first-order valence-corrected chi connectivity index (χ1v) is 6.36. The summed E-state index contributed by atoms with van der Waals surface area (Å²) in [4.78, 5) is 4.12. The van der Waals surface area contributed by atoms with E-state index in [1.165, 1.54) is 6.42 Å². The third-order valence-electron chi connectivity index (χ3n) is 2.22. The van der Waals surface area contributed by atoms with E-state index >= 15 is 0 Å². The lowest BCUT2D eigenvalue weighted by Crippen LogP contribution is -2.39. The van der Waals surface area contributed by atoms with Crippen LogP contribution in [-0.4, -0.2) is 53.0 Å². The van der Waals surface area contributed by atoms with Gasteiger partial charge in [-0.1, -0.05) is 13.3 Å². The van der Waals surface area contributed by atoms with Crippen molar-refractivity contribution in [3.63, 3.8) is 0 Å². The average molecular weight is 245 g/mol. The Labute approximate surface area is 105 Å². The van der Waals surface area contributed by atoms with Crippen LogP contribution >= 0.6 is 0 Å². The molecule has 0 aromatic heterocycles. The zero-order valence-electron chi connectivity index (χ0n) is 11.4. The second kappa shape index (κ2) is 13.3. The number of ether oxygens (including phenoxy) is 2. The maximum absolute atomic E-state index is 5.45. The Morgan fingerprint density at radius 2 is 1.82 bits per heavy atom. The van der Waals surface area contributed by atoms with Crippen molar-refractivity contribution in [1.29, 1.82) is 0 Å². The molecule has 0 aliphatic carbocycles. The lowest BCUT2D eigenvalue weighted by molar-refractivity contribution is 0.136. The Balaban J connectivity index is 3.36. The standard InChI is InChI=1S/C12H27N3O2/c1-4-5-10-17-11-8-15-12(13-2)14-7-6-9-16-3/h4-11H2,1-3H3,(H2,13,14,15). The molecule has 0 aromatic rings. The van der Waals surface area contributed by atoms with Crippen LogP contribution in [0.3, 0.4) is 0 Å². The normalized spacial score (nSPS) is 11.6. The summed E-state index contributed by atoms with van der Waals surface area (Å²) in [5.74, 6) is 0.820. The predicted molar refractivity (Wildman–Crippen MR) is 71.6 cm³/mol. The molecule has 0 atom stereocenters. The van der Waals surface area contributed by atoms with Crippen LogP contribution in [0, 0.1) is 0 Å². The summed E-state index contributed by atoms with van der Waals surface area (Å²) in [6.45, 7) is 6.15. The molecule has 0 aromatic carbocycles. The van der Waals surface area contributed by atoms with Crippen molar-refractivity contribution < 1.29 is 9.47 Å². The zero-order chi connectivity index (χ0) is 12.8. The second-order valence-electron chi connectivity index (χ2n) is 3.74. The van der Waals surface area contributed by atoms with Crippen LogP contribution in [0.2, 0.25) is 0 Å². The molecular formula is C12H27N3O2. The number of hydrogen-bond donors (Lipinski definition) is 2. The minimum Gasteiger partial charge on any atom is -0.385 e. The fraction of sp³-hybridized carbons (Fsp3) is 0.917. The highest BCUT2D eigenvalue weighted by Crippen LogP contribution is 1.86. The summed E-state index contributed by atoms with van der Waals surface area (Å²) in [5.41, 5.74) is 0. The summed E-state index contributed by atoms with van der Waals surface area (Å²) in [6, 6.07) is 0. The molecule has 0 saturated heterocycles. The van der Waals surface area contributed by atoms with Crippen molar-refractivity contribution in [3.8, 4) is 0 Å². The van der Waals surface area contributed by atoms with Crippen molar-refractivity contribution in [2.75, 3.05) is 47.1 Å². The number of unbranched alkanes of at least 4 members (excludes halogenated alkanes) is 1. The topological polar surface area (TPSA) is 54.9 Å². The van der Waals surface area contributed by atoms with E-state index in [1.54, 1.807) is 14.2 Å². The van der Waals surface area contributed by atoms with E-state index in [1.807, 2.05) is 0 Å². The second-order valence-corrected chi connectivity index (χ2v) is 3.74. The van der Waals surface area contributed by atoms with Gasteiger partial charge in [0, 0.05) is 40.5 Å². The van der Waals surface area contributed by atoms with E-state index in [0.717, 1.165) is 51.7 Å². The third kappa shape index (κ3) is 11.5. The molecule has 2 N–H and O–H groups in total. The highest BCUT2D eigenvalue weighted by molar-refractivity contribution is 5.79. The highest BCUT2D eigenvalue weighted by atomic mass is 16.5. The number of nitrogens with zero attached hydrogens (tertiary/aromatic N) is 1. The molecule has 0 aliphatic rings. The molecule has 0 spiro atoms. The lowest BCUT2D eigenvalue weighted by atomic mass is 10.4. The van der Waals surface area contributed by atoms with Gasteiger partial charge in [0.2, 0.25) is 0 Å². The van der Waals surface area contributed by atoms with Crippen LogP contribution in [0.25, 0.3) is 0 Å². The fourth-order valence-electron chi connectivity index (χ4n) is 1.23. The molecule has 5 nitrogen and oxygen atoms in total. The van der Waals surface area contributed by atoms with Crippen LogP contribution in [0.4, 0.5) is 0 Å². The molecule has 0 unspecified atom stereocenters. The van der Waals surface area contributed by atoms with Crippen molar-refractivity contribution in [2.45, 2.75) is 26.2 Å². The average Bonchev–Trinajstić information content (AvgIpc) is 2.36. The van der Waals surface area contributed by atoms with Gasteiger partial charge in [0.05, 0.1) is 6.61 Å². The van der Waals surface area contributed by atoms with Gasteiger partial charge in [0.15, 0.2) is 5.96 Å². The molecule has 0 radical (unpaired) electrons. The van der Waals surface area contributed by atoms with Gasteiger partial charge in [0.1, 0.15) is 0 Å². The maximum Gasteiger partial charge on any atom is 0.191 e. The van der Waals surface area contributed by atoms with Gasteiger partial charge in [-0.2, -0.15) is 0 Å². The minimum atomic E-state index is 0.721. The smallest absolute Gasteiger partial charge is 0.191 e. The maximum atomic E-state index is 5.45. The summed E-state index contributed by atoms with van der Waals surface area (Å²) in [5, 5.41) is 6.41. The molecule has 102 valence electrons. The quantitative estimate of drug-likeness (QED) is 0.342. The van der Waals surface area contributed by atoms with Crippen molar-refractivity contribution in [1.82, 2.24) is 10.6 Å². The van der Waals surface area contributed by atoms with Crippen LogP contribution in [0.5, 0.6) is 0 Å². The Morgan fingerprint density at radius 1 is 1.06 bits per heavy atom. The number of nitrogens with one attached hydrogen (secondary N) is 2. The number of methoxy groups -OCH3 is 1. The van der Waals surface area contributed by atoms with Crippen molar-refractivity contribution >= 4 is 5.96 Å². The van der Waals surface area contributed by atoms with Crippen LogP contribution in [-0.2, 0) is 9.47 Å². The van der Waals surface area contributed by atoms with E-state index in [4.69, 9.17) is 9.47 Å². The van der Waals surface area contributed by atoms with Crippen LogP contribution in [0.1, 0.15) is 26.2 Å². The Morgan fingerprint density at radius 3 is 2.47 bits per heavy atom. The van der Waals surface area contributed by atoms with Crippen LogP contribution < -0.4 is 10.6 Å². The summed E-state index contributed by atoms with van der Waals surface area (Å²) >= 11 is 0. The number of aliphatic imine (C=N–C) groups is 1. The predicted octanol–water partition coefficient (Wildman–Crippen LogP) is 1.00. The molecule has 0 rings (SSSR count). The third-order valence-corrected chi connectivity index (χ3v) is 2.22. The SMILES string of the molecule is CCCCOCCNC(=NC)NCCCOC. The van der Waals surface area contributed by atoms with Crippen LogP contribution in [0.15, 0.2) is 4.99 Å². The molecule has 17 heavy (non-hydrogen) atoms. The molecule has 0 fully saturated rings. The van der Waals surface area contributed by atoms with E-state index in [9.17, 15) is 0 Å². The first-order valence-electron chi connectivity index (χ1n) is 6.36. The summed E-state index contributed by atoms with van der Waals surface area (Å²) < 4.78 is 10.4. The number of rotatable bonds is 10. The van der Waals surface area contributed by atoms with Gasteiger partial charge in [-0.05, 0) is 12.8 Å². The van der Waals surface area contributed by atoms with Gasteiger partial charge in [0.25, 0.3) is 0 Å². The van der Waals surface area contributed by atoms with Gasteiger partial charge in [-0.15, -0.1) is 0 Å². The van der Waals surface area contributed by atoms with Crippen molar-refractivity contribution in [3.05, 3.63) is 0 Å². The molecule has 5 heteroatoms. The fourth-order valence-corrected chi connectivity index (χ4v) is 1.23. The Hall–Kier alpha value is -0.810. The molecule has 0 bridgehead atoms. The Kier molecular flexibility index (Phi) is 12.6. The largest absolute Gasteiger partial charge is 0.385 e. The van der Waals surface area contributed by atoms with Gasteiger partial charge in [-0.3, -0.25) is 4.99 Å². The number of hydrogen-bond acceptors (Lipinski definition) is 3. The monoisotopic (exact) mass is 245 g/mol. The first-order chi connectivity index (χ1) is 8.35. The van der Waals surface area contributed by atoms with Crippen molar-refractivity contribution in [2.24, 2.45) is 4.99 Å². The van der Waals surface area contributed by atoms with Gasteiger partial charge < -0.3 is 20.1 Å². The molecule has 0 heterocycles. The van der Waals surface area contributed by atoms with Gasteiger partial charge in [-0.25, -0.2) is 0 Å². The zero-order valence-corrected chi connectivity index (χ0v) is 11.4. The lowest BCUT2D eigenvalue weighted by Gasteiger charge is -2.11. The van der Waals surface area contributed by atoms with Gasteiger partial charge >= 0.3 is 0 Å². The van der Waals surface area contributed by atoms with E-state index in [2.05, 4.69) is 22.5 Å².